The van der Waals surface area contributed by atoms with Crippen LogP contribution in [0.2, 0.25) is 0 Å². The predicted octanol–water partition coefficient (Wildman–Crippen LogP) is 2.45. The highest BCUT2D eigenvalue weighted by Gasteiger charge is 2.17. The van der Waals surface area contributed by atoms with Gasteiger partial charge >= 0.3 is 11.9 Å². The molecule has 2 N–H and O–H groups in total. The molecule has 1 atom stereocenters. The van der Waals surface area contributed by atoms with Crippen molar-refractivity contribution in [3.8, 4) is 0 Å². The zero-order chi connectivity index (χ0) is 14.7. The van der Waals surface area contributed by atoms with Gasteiger partial charge in [0.2, 0.25) is 0 Å². The maximum absolute atomic E-state index is 10.9. The lowest BCUT2D eigenvalue weighted by Gasteiger charge is -2.27. The fraction of sp³-hybridized carbons (Fsp3) is 0.143. The van der Waals surface area contributed by atoms with Crippen LogP contribution in [0.4, 0.5) is 0 Å². The third-order valence-corrected chi connectivity index (χ3v) is 3.68. The number of nitrogens with zero attached hydrogens (tertiary/aromatic N) is 1. The average molecular weight is 338 g/mol. The number of hydrogen-bond acceptors (Lipinski definition) is 3. The fourth-order valence-corrected chi connectivity index (χ4v) is 2.37. The molecule has 0 saturated carbocycles. The van der Waals surface area contributed by atoms with Gasteiger partial charge in [0.1, 0.15) is 4.95 Å². The molecule has 104 valence electrons. The molecule has 20 heavy (non-hydrogen) atoms. The molecule has 1 aromatic carbocycles. The van der Waals surface area contributed by atoms with Crippen molar-refractivity contribution in [1.29, 1.82) is 0 Å². The molecule has 1 aromatic rings. The van der Waals surface area contributed by atoms with Gasteiger partial charge in [-0.1, -0.05) is 28.1 Å². The topological polar surface area (TPSA) is 77.8 Å². The Balaban J connectivity index is 2.06. The third kappa shape index (κ3) is 3.27. The normalized spacial score (nSPS) is 17.8. The van der Waals surface area contributed by atoms with Crippen molar-refractivity contribution in [1.82, 2.24) is 4.90 Å². The molecule has 6 heteroatoms. The lowest BCUT2D eigenvalue weighted by molar-refractivity contribution is -0.132. The summed E-state index contributed by atoms with van der Waals surface area (Å²) >= 11 is 3.40. The van der Waals surface area contributed by atoms with Crippen LogP contribution >= 0.6 is 15.9 Å². The first kappa shape index (κ1) is 14.3. The molecule has 1 heterocycles. The highest BCUT2D eigenvalue weighted by atomic mass is 79.9. The van der Waals surface area contributed by atoms with Crippen molar-refractivity contribution in [3.05, 3.63) is 59.3 Å². The first-order chi connectivity index (χ1) is 9.47. The number of benzene rings is 1. The van der Waals surface area contributed by atoms with Crippen molar-refractivity contribution in [3.63, 3.8) is 0 Å². The molecule has 0 bridgehead atoms. The molecule has 0 aliphatic carbocycles. The van der Waals surface area contributed by atoms with Crippen LogP contribution in [0.25, 0.3) is 0 Å². The lowest BCUT2D eigenvalue weighted by atomic mass is 10.1. The number of hydrogen-bond donors (Lipinski definition) is 2. The maximum atomic E-state index is 10.9. The van der Waals surface area contributed by atoms with Gasteiger partial charge in [-0.2, -0.15) is 0 Å². The molecular weight excluding hydrogens is 326 g/mol. The second kappa shape index (κ2) is 5.92. The predicted molar refractivity (Wildman–Crippen MR) is 76.5 cm³/mol. The second-order valence-corrected chi connectivity index (χ2v) is 5.23. The summed E-state index contributed by atoms with van der Waals surface area (Å²) in [5.41, 5.74) is 1.42. The van der Waals surface area contributed by atoms with E-state index in [0.717, 1.165) is 5.56 Å². The SMILES string of the molecule is O=C(O)C1=CC(Br)N(Cc2ccc(C(=O)O)cc2)C=C1. The van der Waals surface area contributed by atoms with Crippen LogP contribution < -0.4 is 0 Å². The van der Waals surface area contributed by atoms with Gasteiger partial charge < -0.3 is 15.1 Å². The zero-order valence-electron chi connectivity index (χ0n) is 10.4. The molecule has 1 unspecified atom stereocenters. The Bertz CT molecular complexity index is 592. The Morgan fingerprint density at radius 3 is 2.30 bits per heavy atom. The van der Waals surface area contributed by atoms with E-state index >= 15 is 0 Å². The highest BCUT2D eigenvalue weighted by molar-refractivity contribution is 9.09. The minimum atomic E-state index is -0.962. The number of carbonyl (C=O) groups is 2. The van der Waals surface area contributed by atoms with E-state index in [1.165, 1.54) is 6.08 Å². The van der Waals surface area contributed by atoms with Gasteiger partial charge in [0, 0.05) is 12.7 Å². The van der Waals surface area contributed by atoms with E-state index in [1.54, 1.807) is 36.5 Å². The monoisotopic (exact) mass is 337 g/mol. The Morgan fingerprint density at radius 1 is 1.15 bits per heavy atom. The lowest BCUT2D eigenvalue weighted by Crippen LogP contribution is -2.27. The summed E-state index contributed by atoms with van der Waals surface area (Å²) in [6.45, 7) is 0.551. The number of carboxylic acids is 2. The number of alkyl halides is 1. The van der Waals surface area contributed by atoms with Gasteiger partial charge in [-0.25, -0.2) is 9.59 Å². The Morgan fingerprint density at radius 2 is 1.80 bits per heavy atom. The minimum absolute atomic E-state index is 0.210. The second-order valence-electron chi connectivity index (χ2n) is 4.29. The zero-order valence-corrected chi connectivity index (χ0v) is 11.9. The Hall–Kier alpha value is -2.08. The van der Waals surface area contributed by atoms with Crippen molar-refractivity contribution in [2.45, 2.75) is 11.5 Å². The van der Waals surface area contributed by atoms with Crippen LogP contribution in [0.3, 0.4) is 0 Å². The van der Waals surface area contributed by atoms with Gasteiger partial charge in [0.25, 0.3) is 0 Å². The third-order valence-electron chi connectivity index (χ3n) is 2.89. The van der Waals surface area contributed by atoms with Gasteiger partial charge in [-0.3, -0.25) is 0 Å². The molecule has 0 aromatic heterocycles. The van der Waals surface area contributed by atoms with Crippen LogP contribution in [-0.4, -0.2) is 32.0 Å². The molecular formula is C14H12BrNO4. The van der Waals surface area contributed by atoms with Crippen molar-refractivity contribution >= 4 is 27.9 Å². The number of halogens is 1. The number of aromatic carboxylic acids is 1. The van der Waals surface area contributed by atoms with E-state index in [-0.39, 0.29) is 16.1 Å². The van der Waals surface area contributed by atoms with E-state index < -0.39 is 11.9 Å². The standard InChI is InChI=1S/C14H12BrNO4/c15-12-7-11(14(19)20)5-6-16(12)8-9-1-3-10(4-2-9)13(17)18/h1-7,12H,8H2,(H,17,18)(H,19,20). The van der Waals surface area contributed by atoms with Crippen molar-refractivity contribution in [2.75, 3.05) is 0 Å². The maximum Gasteiger partial charge on any atom is 0.335 e. The summed E-state index contributed by atoms with van der Waals surface area (Å²) in [6, 6.07) is 6.58. The van der Waals surface area contributed by atoms with Crippen LogP contribution in [-0.2, 0) is 11.3 Å². The number of rotatable bonds is 4. The molecule has 0 fully saturated rings. The molecule has 0 saturated heterocycles. The molecule has 0 spiro atoms. The van der Waals surface area contributed by atoms with Crippen molar-refractivity contribution < 1.29 is 19.8 Å². The summed E-state index contributed by atoms with van der Waals surface area (Å²) in [5, 5.41) is 17.7. The summed E-state index contributed by atoms with van der Waals surface area (Å²) in [6.07, 6.45) is 4.84. The Kier molecular flexibility index (Phi) is 4.24. The molecule has 5 nitrogen and oxygen atoms in total. The molecule has 0 radical (unpaired) electrons. The van der Waals surface area contributed by atoms with E-state index in [1.807, 2.05) is 4.90 Å². The van der Waals surface area contributed by atoms with E-state index in [0.29, 0.717) is 6.54 Å². The average Bonchev–Trinajstić information content (AvgIpc) is 2.41. The summed E-state index contributed by atoms with van der Waals surface area (Å²) in [7, 11) is 0. The van der Waals surface area contributed by atoms with E-state index in [4.69, 9.17) is 10.2 Å². The minimum Gasteiger partial charge on any atom is -0.478 e. The quantitative estimate of drug-likeness (QED) is 0.651. The van der Waals surface area contributed by atoms with Gasteiger partial charge in [-0.05, 0) is 29.8 Å². The fourth-order valence-electron chi connectivity index (χ4n) is 1.80. The largest absolute Gasteiger partial charge is 0.478 e. The van der Waals surface area contributed by atoms with E-state index in [2.05, 4.69) is 15.9 Å². The van der Waals surface area contributed by atoms with Crippen LogP contribution in [0, 0.1) is 0 Å². The van der Waals surface area contributed by atoms with Gasteiger partial charge in [0.05, 0.1) is 11.1 Å². The molecule has 2 rings (SSSR count). The first-order valence-electron chi connectivity index (χ1n) is 5.83. The van der Waals surface area contributed by atoms with Gasteiger partial charge in [-0.15, -0.1) is 0 Å². The smallest absolute Gasteiger partial charge is 0.335 e. The highest BCUT2D eigenvalue weighted by Crippen LogP contribution is 2.21. The summed E-state index contributed by atoms with van der Waals surface area (Å²) in [5.74, 6) is -1.92. The number of carboxylic acid groups (broad SMARTS) is 2. The van der Waals surface area contributed by atoms with Gasteiger partial charge in [0.15, 0.2) is 0 Å². The molecule has 1 aliphatic rings. The van der Waals surface area contributed by atoms with Crippen LogP contribution in [0.5, 0.6) is 0 Å². The van der Waals surface area contributed by atoms with Crippen LogP contribution in [0.1, 0.15) is 15.9 Å². The molecule has 0 amide bonds. The van der Waals surface area contributed by atoms with Crippen LogP contribution in [0.15, 0.2) is 48.2 Å². The molecule has 1 aliphatic heterocycles. The summed E-state index contributed by atoms with van der Waals surface area (Å²) < 4.78 is 0. The Labute approximate surface area is 124 Å². The van der Waals surface area contributed by atoms with E-state index in [9.17, 15) is 9.59 Å². The van der Waals surface area contributed by atoms with Crippen molar-refractivity contribution in [2.24, 2.45) is 0 Å². The number of aliphatic carboxylic acids is 1. The summed E-state index contributed by atoms with van der Waals surface area (Å²) in [4.78, 5) is 23.3. The first-order valence-corrected chi connectivity index (χ1v) is 6.74.